The number of rotatable bonds is 1. The summed E-state index contributed by atoms with van der Waals surface area (Å²) in [5, 5.41) is 0. The molecule has 0 aliphatic carbocycles. The molecular weight excluding hydrogens is 224 g/mol. The second-order valence-electron chi connectivity index (χ2n) is 0.664. The van der Waals surface area contributed by atoms with E-state index in [4.69, 9.17) is 11.5 Å². The first-order valence-corrected chi connectivity index (χ1v) is 1.48. The van der Waals surface area contributed by atoms with Crippen molar-refractivity contribution >= 4 is 34.0 Å². The Hall–Kier alpha value is 0.460. The summed E-state index contributed by atoms with van der Waals surface area (Å²) < 4.78 is 0. The van der Waals surface area contributed by atoms with E-state index in [1.54, 1.807) is 6.08 Å². The first-order chi connectivity index (χ1) is 2.41. The van der Waals surface area contributed by atoms with E-state index in [2.05, 4.69) is 0 Å². The fraction of sp³-hybridized carbons (Fsp3) is 0.333. The third-order valence-corrected chi connectivity index (χ3v) is 0.272. The zero-order chi connectivity index (χ0) is 4.12. The molecule has 4 heteroatoms. The standard InChI is InChI=1S/C3H8N2.2BrH/c4-2-1-3-5;;/h1-2H,3-5H2;2*1H. The maximum absolute atomic E-state index is 4.97. The van der Waals surface area contributed by atoms with Crippen molar-refractivity contribution in [2.45, 2.75) is 0 Å². The Morgan fingerprint density at radius 2 is 1.71 bits per heavy atom. The fourth-order valence-corrected chi connectivity index (χ4v) is 0.0786. The van der Waals surface area contributed by atoms with Crippen LogP contribution in [-0.2, 0) is 0 Å². The van der Waals surface area contributed by atoms with Gasteiger partial charge in [0.05, 0.1) is 0 Å². The van der Waals surface area contributed by atoms with E-state index in [1.807, 2.05) is 0 Å². The minimum absolute atomic E-state index is 0. The summed E-state index contributed by atoms with van der Waals surface area (Å²) in [4.78, 5) is 0. The third-order valence-electron chi connectivity index (χ3n) is 0.272. The summed E-state index contributed by atoms with van der Waals surface area (Å²) in [7, 11) is 0. The average Bonchev–Trinajstić information content (AvgIpc) is 1.41. The molecule has 0 heterocycles. The minimum Gasteiger partial charge on any atom is -0.405 e. The number of halogens is 2. The average molecular weight is 234 g/mol. The van der Waals surface area contributed by atoms with Crippen LogP contribution in [0.1, 0.15) is 0 Å². The molecule has 0 aliphatic heterocycles. The van der Waals surface area contributed by atoms with Gasteiger partial charge in [0.2, 0.25) is 0 Å². The van der Waals surface area contributed by atoms with E-state index in [-0.39, 0.29) is 34.0 Å². The first kappa shape index (κ1) is 15.7. The molecule has 0 saturated heterocycles. The summed E-state index contributed by atoms with van der Waals surface area (Å²) in [6.45, 7) is 0.538. The van der Waals surface area contributed by atoms with E-state index >= 15 is 0 Å². The number of nitrogens with two attached hydrogens (primary N) is 2. The number of hydrogen-bond acceptors (Lipinski definition) is 2. The topological polar surface area (TPSA) is 52.0 Å². The molecule has 0 fully saturated rings. The molecule has 0 rings (SSSR count). The lowest BCUT2D eigenvalue weighted by molar-refractivity contribution is 1.24. The van der Waals surface area contributed by atoms with E-state index < -0.39 is 0 Å². The maximum Gasteiger partial charge on any atom is 0.0123 e. The highest BCUT2D eigenvalue weighted by Gasteiger charge is 1.51. The van der Waals surface area contributed by atoms with Gasteiger partial charge in [-0.15, -0.1) is 34.0 Å². The van der Waals surface area contributed by atoms with Crippen LogP contribution in [0.4, 0.5) is 0 Å². The Kier molecular flexibility index (Phi) is 36.0. The van der Waals surface area contributed by atoms with Gasteiger partial charge in [0.1, 0.15) is 0 Å². The van der Waals surface area contributed by atoms with Crippen LogP contribution >= 0.6 is 34.0 Å². The predicted octanol–water partition coefficient (Wildman–Crippen LogP) is 0.573. The predicted molar refractivity (Wildman–Crippen MR) is 43.0 cm³/mol. The summed E-state index contributed by atoms with van der Waals surface area (Å²) in [5.41, 5.74) is 9.85. The van der Waals surface area contributed by atoms with Gasteiger partial charge in [-0.2, -0.15) is 0 Å². The molecule has 0 aromatic heterocycles. The summed E-state index contributed by atoms with van der Waals surface area (Å²) in [6.07, 6.45) is 3.11. The van der Waals surface area contributed by atoms with Gasteiger partial charge in [-0.1, -0.05) is 6.08 Å². The van der Waals surface area contributed by atoms with Crippen molar-refractivity contribution < 1.29 is 0 Å². The van der Waals surface area contributed by atoms with Gasteiger partial charge >= 0.3 is 0 Å². The molecule has 0 spiro atoms. The van der Waals surface area contributed by atoms with Crippen LogP contribution in [-0.4, -0.2) is 6.54 Å². The van der Waals surface area contributed by atoms with Gasteiger partial charge in [-0.25, -0.2) is 0 Å². The van der Waals surface area contributed by atoms with Crippen LogP contribution in [0.3, 0.4) is 0 Å². The SMILES string of the molecule is Br.Br.NC=CCN. The van der Waals surface area contributed by atoms with Crippen molar-refractivity contribution in [1.82, 2.24) is 0 Å². The van der Waals surface area contributed by atoms with Gasteiger partial charge in [0, 0.05) is 6.54 Å². The van der Waals surface area contributed by atoms with Crippen LogP contribution in [0, 0.1) is 0 Å². The summed E-state index contributed by atoms with van der Waals surface area (Å²) >= 11 is 0. The van der Waals surface area contributed by atoms with Gasteiger partial charge < -0.3 is 11.5 Å². The lowest BCUT2D eigenvalue weighted by atomic mass is 10.6. The molecule has 2 nitrogen and oxygen atoms in total. The van der Waals surface area contributed by atoms with Crippen LogP contribution in [0.25, 0.3) is 0 Å². The summed E-state index contributed by atoms with van der Waals surface area (Å²) in [5.74, 6) is 0. The van der Waals surface area contributed by atoms with Gasteiger partial charge in [0.15, 0.2) is 0 Å². The third kappa shape index (κ3) is 21.2. The highest BCUT2D eigenvalue weighted by Crippen LogP contribution is 1.48. The summed E-state index contributed by atoms with van der Waals surface area (Å²) in [6, 6.07) is 0. The van der Waals surface area contributed by atoms with Crippen molar-refractivity contribution in [3.05, 3.63) is 12.3 Å². The van der Waals surface area contributed by atoms with Crippen molar-refractivity contribution in [2.75, 3.05) is 6.54 Å². The van der Waals surface area contributed by atoms with Crippen LogP contribution < -0.4 is 11.5 Å². The molecule has 0 amide bonds. The van der Waals surface area contributed by atoms with Crippen molar-refractivity contribution in [1.29, 1.82) is 0 Å². The normalized spacial score (nSPS) is 7.00. The van der Waals surface area contributed by atoms with Crippen molar-refractivity contribution in [3.8, 4) is 0 Å². The lowest BCUT2D eigenvalue weighted by Crippen LogP contribution is -1.93. The van der Waals surface area contributed by atoms with Gasteiger partial charge in [-0.3, -0.25) is 0 Å². The highest BCUT2D eigenvalue weighted by molar-refractivity contribution is 8.93. The van der Waals surface area contributed by atoms with E-state index in [1.165, 1.54) is 6.20 Å². The minimum atomic E-state index is 0. The molecule has 0 radical (unpaired) electrons. The zero-order valence-electron chi connectivity index (χ0n) is 3.83. The Bertz CT molecular complexity index is 37.9. The second kappa shape index (κ2) is 16.1. The van der Waals surface area contributed by atoms with Crippen molar-refractivity contribution in [2.24, 2.45) is 11.5 Å². The Labute approximate surface area is 64.5 Å². The van der Waals surface area contributed by atoms with Gasteiger partial charge in [-0.05, 0) is 6.20 Å². The maximum atomic E-state index is 4.97. The van der Waals surface area contributed by atoms with E-state index in [9.17, 15) is 0 Å². The molecule has 7 heavy (non-hydrogen) atoms. The van der Waals surface area contributed by atoms with Crippen LogP contribution in [0.15, 0.2) is 12.3 Å². The molecular formula is C3H10Br2N2. The van der Waals surface area contributed by atoms with Gasteiger partial charge in [0.25, 0.3) is 0 Å². The first-order valence-electron chi connectivity index (χ1n) is 1.48. The molecule has 0 unspecified atom stereocenters. The molecule has 0 aromatic carbocycles. The number of hydrogen-bond donors (Lipinski definition) is 2. The molecule has 0 saturated carbocycles. The molecule has 0 aromatic rings. The van der Waals surface area contributed by atoms with E-state index in [0.717, 1.165) is 0 Å². The zero-order valence-corrected chi connectivity index (χ0v) is 7.26. The Morgan fingerprint density at radius 3 is 1.71 bits per heavy atom. The van der Waals surface area contributed by atoms with E-state index in [0.29, 0.717) is 6.54 Å². The lowest BCUT2D eigenvalue weighted by Gasteiger charge is -1.68. The quantitative estimate of drug-likeness (QED) is 0.696. The molecule has 4 N–H and O–H groups in total. The molecule has 0 aliphatic rings. The smallest absolute Gasteiger partial charge is 0.0123 e. The van der Waals surface area contributed by atoms with Crippen LogP contribution in [0.5, 0.6) is 0 Å². The molecule has 0 bridgehead atoms. The van der Waals surface area contributed by atoms with Crippen LogP contribution in [0.2, 0.25) is 0 Å². The second-order valence-corrected chi connectivity index (χ2v) is 0.664. The largest absolute Gasteiger partial charge is 0.405 e. The highest BCUT2D eigenvalue weighted by atomic mass is 79.9. The molecule has 0 atom stereocenters. The monoisotopic (exact) mass is 232 g/mol. The fourth-order valence-electron chi connectivity index (χ4n) is 0.0786. The molecule has 46 valence electrons. The van der Waals surface area contributed by atoms with Crippen molar-refractivity contribution in [3.63, 3.8) is 0 Å². The Morgan fingerprint density at radius 1 is 1.29 bits per heavy atom. The Balaban J connectivity index is -0.0000000800.